The van der Waals surface area contributed by atoms with Gasteiger partial charge >= 0.3 is 0 Å². The SMILES string of the molecule is Cc1ccc(Cn2c(C(C)Cl)nc3c(Cl)cccc32)cn1. The molecule has 5 heteroatoms. The van der Waals surface area contributed by atoms with Crippen LogP contribution in [0.5, 0.6) is 0 Å². The molecule has 3 rings (SSSR count). The van der Waals surface area contributed by atoms with Crippen molar-refractivity contribution in [2.45, 2.75) is 25.8 Å². The number of nitrogens with zero attached hydrogens (tertiary/aromatic N) is 3. The van der Waals surface area contributed by atoms with Gasteiger partial charge in [0.2, 0.25) is 0 Å². The molecule has 0 N–H and O–H groups in total. The number of fused-ring (bicyclic) bond motifs is 1. The third kappa shape index (κ3) is 2.76. The normalized spacial score (nSPS) is 12.8. The summed E-state index contributed by atoms with van der Waals surface area (Å²) in [6.45, 7) is 4.57. The van der Waals surface area contributed by atoms with Crippen molar-refractivity contribution in [1.82, 2.24) is 14.5 Å². The van der Waals surface area contributed by atoms with Gasteiger partial charge in [0.15, 0.2) is 0 Å². The van der Waals surface area contributed by atoms with E-state index in [0.29, 0.717) is 11.6 Å². The number of hydrogen-bond acceptors (Lipinski definition) is 2. The predicted octanol–water partition coefficient (Wildman–Crippen LogP) is 4.74. The number of hydrogen-bond donors (Lipinski definition) is 0. The van der Waals surface area contributed by atoms with E-state index >= 15 is 0 Å². The maximum Gasteiger partial charge on any atom is 0.128 e. The highest BCUT2D eigenvalue weighted by molar-refractivity contribution is 6.35. The minimum atomic E-state index is -0.188. The van der Waals surface area contributed by atoms with Gasteiger partial charge in [-0.2, -0.15) is 0 Å². The summed E-state index contributed by atoms with van der Waals surface area (Å²) in [4.78, 5) is 8.94. The zero-order valence-electron chi connectivity index (χ0n) is 11.8. The van der Waals surface area contributed by atoms with Crippen molar-refractivity contribution in [3.63, 3.8) is 0 Å². The van der Waals surface area contributed by atoms with Gasteiger partial charge in [-0.1, -0.05) is 23.7 Å². The van der Waals surface area contributed by atoms with E-state index in [1.165, 1.54) is 0 Å². The molecule has 3 nitrogen and oxygen atoms in total. The molecular formula is C16H15Cl2N3. The van der Waals surface area contributed by atoms with Crippen molar-refractivity contribution in [1.29, 1.82) is 0 Å². The maximum atomic E-state index is 6.28. The van der Waals surface area contributed by atoms with Crippen LogP contribution in [0, 0.1) is 6.92 Å². The van der Waals surface area contributed by atoms with Crippen LogP contribution >= 0.6 is 23.2 Å². The number of rotatable bonds is 3. The highest BCUT2D eigenvalue weighted by Gasteiger charge is 2.16. The number of para-hydroxylation sites is 1. The molecule has 2 aromatic heterocycles. The monoisotopic (exact) mass is 319 g/mol. The molecule has 0 saturated carbocycles. The number of pyridine rings is 1. The molecule has 0 amide bonds. The molecule has 0 spiro atoms. The standard InChI is InChI=1S/C16H15Cl2N3/c1-10-6-7-12(8-19-10)9-21-14-5-3-4-13(18)15(14)20-16(21)11(2)17/h3-8,11H,9H2,1-2H3. The molecule has 108 valence electrons. The van der Waals surface area contributed by atoms with Crippen LogP contribution in [0.2, 0.25) is 5.02 Å². The summed E-state index contributed by atoms with van der Waals surface area (Å²) in [5.74, 6) is 0.820. The Morgan fingerprint density at radius 3 is 2.71 bits per heavy atom. The minimum Gasteiger partial charge on any atom is -0.322 e. The third-order valence-corrected chi connectivity index (χ3v) is 3.93. The van der Waals surface area contributed by atoms with Crippen LogP contribution in [0.1, 0.15) is 29.4 Å². The molecule has 0 aliphatic carbocycles. The molecule has 21 heavy (non-hydrogen) atoms. The molecule has 0 saturated heterocycles. The molecule has 1 atom stereocenters. The number of imidazole rings is 1. The van der Waals surface area contributed by atoms with Crippen molar-refractivity contribution in [2.24, 2.45) is 0 Å². The molecule has 0 aliphatic heterocycles. The van der Waals surface area contributed by atoms with Crippen LogP contribution in [-0.4, -0.2) is 14.5 Å². The number of benzene rings is 1. The Hall–Kier alpha value is -1.58. The fourth-order valence-corrected chi connectivity index (χ4v) is 2.75. The van der Waals surface area contributed by atoms with Gasteiger partial charge < -0.3 is 4.57 Å². The largest absolute Gasteiger partial charge is 0.322 e. The summed E-state index contributed by atoms with van der Waals surface area (Å²) in [7, 11) is 0. The Bertz CT molecular complexity index is 776. The van der Waals surface area contributed by atoms with Gasteiger partial charge in [-0.3, -0.25) is 4.98 Å². The van der Waals surface area contributed by atoms with E-state index in [1.54, 1.807) is 0 Å². The molecule has 0 radical (unpaired) electrons. The van der Waals surface area contributed by atoms with Crippen LogP contribution < -0.4 is 0 Å². The fourth-order valence-electron chi connectivity index (χ4n) is 2.38. The maximum absolute atomic E-state index is 6.28. The number of alkyl halides is 1. The van der Waals surface area contributed by atoms with Crippen molar-refractivity contribution in [3.05, 3.63) is 58.6 Å². The summed E-state index contributed by atoms with van der Waals surface area (Å²) in [5, 5.41) is 0.457. The lowest BCUT2D eigenvalue weighted by molar-refractivity contribution is 0.740. The van der Waals surface area contributed by atoms with Crippen molar-refractivity contribution in [2.75, 3.05) is 0 Å². The van der Waals surface area contributed by atoms with E-state index in [0.717, 1.165) is 28.1 Å². The van der Waals surface area contributed by atoms with Crippen LogP contribution in [0.15, 0.2) is 36.5 Å². The Morgan fingerprint density at radius 1 is 1.24 bits per heavy atom. The van der Waals surface area contributed by atoms with Crippen LogP contribution in [0.3, 0.4) is 0 Å². The fraction of sp³-hybridized carbons (Fsp3) is 0.250. The topological polar surface area (TPSA) is 30.7 Å². The second kappa shape index (κ2) is 5.66. The van der Waals surface area contributed by atoms with E-state index in [9.17, 15) is 0 Å². The molecule has 1 aromatic carbocycles. The van der Waals surface area contributed by atoms with Crippen LogP contribution in [-0.2, 0) is 6.54 Å². The average Bonchev–Trinajstić information content (AvgIpc) is 2.82. The van der Waals surface area contributed by atoms with Crippen molar-refractivity contribution >= 4 is 34.2 Å². The number of aromatic nitrogens is 3. The van der Waals surface area contributed by atoms with Gasteiger partial charge in [0.05, 0.1) is 22.5 Å². The highest BCUT2D eigenvalue weighted by atomic mass is 35.5. The minimum absolute atomic E-state index is 0.188. The Kier molecular flexibility index (Phi) is 3.87. The van der Waals surface area contributed by atoms with E-state index in [4.69, 9.17) is 23.2 Å². The van der Waals surface area contributed by atoms with Gasteiger partial charge in [0.1, 0.15) is 11.3 Å². The Labute approximate surface area is 133 Å². The van der Waals surface area contributed by atoms with Gasteiger partial charge in [-0.15, -0.1) is 11.6 Å². The van der Waals surface area contributed by atoms with Gasteiger partial charge in [-0.05, 0) is 37.6 Å². The quantitative estimate of drug-likeness (QED) is 0.653. The molecule has 3 aromatic rings. The van der Waals surface area contributed by atoms with E-state index < -0.39 is 0 Å². The van der Waals surface area contributed by atoms with Gasteiger partial charge in [0, 0.05) is 11.9 Å². The van der Waals surface area contributed by atoms with E-state index in [2.05, 4.69) is 20.6 Å². The molecule has 1 unspecified atom stereocenters. The lowest BCUT2D eigenvalue weighted by Crippen LogP contribution is -2.06. The first kappa shape index (κ1) is 14.4. The summed E-state index contributed by atoms with van der Waals surface area (Å²) >= 11 is 12.5. The van der Waals surface area contributed by atoms with Crippen LogP contribution in [0.25, 0.3) is 11.0 Å². The highest BCUT2D eigenvalue weighted by Crippen LogP contribution is 2.29. The van der Waals surface area contributed by atoms with Crippen LogP contribution in [0.4, 0.5) is 0 Å². The molecule has 0 fully saturated rings. The lowest BCUT2D eigenvalue weighted by Gasteiger charge is -2.10. The number of halogens is 2. The first-order valence-corrected chi connectivity index (χ1v) is 7.58. The lowest BCUT2D eigenvalue weighted by atomic mass is 10.2. The predicted molar refractivity (Wildman–Crippen MR) is 87.1 cm³/mol. The summed E-state index contributed by atoms with van der Waals surface area (Å²) in [5.41, 5.74) is 3.90. The zero-order chi connectivity index (χ0) is 15.0. The molecule has 0 aliphatic rings. The van der Waals surface area contributed by atoms with Crippen molar-refractivity contribution < 1.29 is 0 Å². The third-order valence-electron chi connectivity index (χ3n) is 3.43. The van der Waals surface area contributed by atoms with Crippen molar-refractivity contribution in [3.8, 4) is 0 Å². The van der Waals surface area contributed by atoms with Gasteiger partial charge in [0.25, 0.3) is 0 Å². The van der Waals surface area contributed by atoms with Gasteiger partial charge in [-0.25, -0.2) is 4.98 Å². The zero-order valence-corrected chi connectivity index (χ0v) is 13.4. The number of aryl methyl sites for hydroxylation is 1. The summed E-state index contributed by atoms with van der Waals surface area (Å²) < 4.78 is 2.10. The molecule has 2 heterocycles. The first-order valence-electron chi connectivity index (χ1n) is 6.76. The summed E-state index contributed by atoms with van der Waals surface area (Å²) in [6.07, 6.45) is 1.88. The molecular weight excluding hydrogens is 305 g/mol. The Balaban J connectivity index is 2.13. The Morgan fingerprint density at radius 2 is 2.05 bits per heavy atom. The first-order chi connectivity index (χ1) is 10.1. The smallest absolute Gasteiger partial charge is 0.128 e. The van der Waals surface area contributed by atoms with E-state index in [-0.39, 0.29) is 5.38 Å². The summed E-state index contributed by atoms with van der Waals surface area (Å²) in [6, 6.07) is 9.86. The molecule has 0 bridgehead atoms. The average molecular weight is 320 g/mol. The second-order valence-corrected chi connectivity index (χ2v) is 6.15. The van der Waals surface area contributed by atoms with E-state index in [1.807, 2.05) is 44.3 Å². The second-order valence-electron chi connectivity index (χ2n) is 5.09.